The molecule has 0 fully saturated rings. The molecule has 0 saturated heterocycles. The van der Waals surface area contributed by atoms with Crippen LogP contribution in [0.3, 0.4) is 0 Å². The number of carbonyl (C=O) groups excluding carboxylic acids is 2. The standard InChI is InChI=1S/C24H31ClN2O3/c1-16(2)20-8-12-22(13-9-20)30-15-23(28)27(18(5)24(29)26-17(3)4)14-19-6-10-21(25)11-7-19/h6-13,16-18H,14-15H2,1-5H3,(H,26,29)/t18-/m0/s1. The van der Waals surface area contributed by atoms with E-state index in [9.17, 15) is 9.59 Å². The van der Waals surface area contributed by atoms with Gasteiger partial charge in [0.15, 0.2) is 6.61 Å². The normalized spacial score (nSPS) is 12.0. The molecular formula is C24H31ClN2O3. The average Bonchev–Trinajstić information content (AvgIpc) is 2.70. The molecule has 1 N–H and O–H groups in total. The van der Waals surface area contributed by atoms with Crippen molar-refractivity contribution >= 4 is 23.4 Å². The van der Waals surface area contributed by atoms with Crippen molar-refractivity contribution in [2.75, 3.05) is 6.61 Å². The number of benzene rings is 2. The molecule has 2 amide bonds. The van der Waals surface area contributed by atoms with Crippen molar-refractivity contribution < 1.29 is 14.3 Å². The predicted molar refractivity (Wildman–Crippen MR) is 121 cm³/mol. The molecule has 0 saturated carbocycles. The zero-order valence-electron chi connectivity index (χ0n) is 18.3. The van der Waals surface area contributed by atoms with Gasteiger partial charge < -0.3 is 15.0 Å². The summed E-state index contributed by atoms with van der Waals surface area (Å²) in [6, 6.07) is 14.3. The molecule has 0 bridgehead atoms. The quantitative estimate of drug-likeness (QED) is 0.622. The van der Waals surface area contributed by atoms with E-state index < -0.39 is 6.04 Å². The zero-order chi connectivity index (χ0) is 22.3. The summed E-state index contributed by atoms with van der Waals surface area (Å²) >= 11 is 5.96. The van der Waals surface area contributed by atoms with E-state index in [2.05, 4.69) is 19.2 Å². The minimum Gasteiger partial charge on any atom is -0.484 e. The minimum absolute atomic E-state index is 0.0110. The van der Waals surface area contributed by atoms with Gasteiger partial charge >= 0.3 is 0 Å². The highest BCUT2D eigenvalue weighted by atomic mass is 35.5. The Bertz CT molecular complexity index is 833. The van der Waals surface area contributed by atoms with Gasteiger partial charge in [0.05, 0.1) is 0 Å². The van der Waals surface area contributed by atoms with Crippen LogP contribution in [0.1, 0.15) is 51.7 Å². The molecule has 0 aliphatic carbocycles. The van der Waals surface area contributed by atoms with Crippen LogP contribution in [0.5, 0.6) is 5.75 Å². The molecule has 0 spiro atoms. The van der Waals surface area contributed by atoms with Crippen molar-refractivity contribution in [2.24, 2.45) is 0 Å². The largest absolute Gasteiger partial charge is 0.484 e. The molecule has 0 aromatic heterocycles. The van der Waals surface area contributed by atoms with Crippen LogP contribution in [0, 0.1) is 0 Å². The molecule has 162 valence electrons. The van der Waals surface area contributed by atoms with E-state index >= 15 is 0 Å². The lowest BCUT2D eigenvalue weighted by Gasteiger charge is -2.29. The molecule has 5 nitrogen and oxygen atoms in total. The molecular weight excluding hydrogens is 400 g/mol. The molecule has 0 radical (unpaired) electrons. The lowest BCUT2D eigenvalue weighted by molar-refractivity contribution is -0.142. The topological polar surface area (TPSA) is 58.6 Å². The van der Waals surface area contributed by atoms with Gasteiger partial charge in [0.1, 0.15) is 11.8 Å². The highest BCUT2D eigenvalue weighted by molar-refractivity contribution is 6.30. The average molecular weight is 431 g/mol. The van der Waals surface area contributed by atoms with E-state index in [0.29, 0.717) is 23.2 Å². The van der Waals surface area contributed by atoms with Crippen LogP contribution in [0.15, 0.2) is 48.5 Å². The van der Waals surface area contributed by atoms with Crippen LogP contribution in [-0.2, 0) is 16.1 Å². The third kappa shape index (κ3) is 7.06. The van der Waals surface area contributed by atoms with Crippen LogP contribution >= 0.6 is 11.6 Å². The van der Waals surface area contributed by atoms with Crippen molar-refractivity contribution in [3.05, 3.63) is 64.7 Å². The summed E-state index contributed by atoms with van der Waals surface area (Å²) in [4.78, 5) is 27.1. The maximum absolute atomic E-state index is 13.0. The number of amides is 2. The third-order valence-corrected chi connectivity index (χ3v) is 5.03. The van der Waals surface area contributed by atoms with E-state index in [1.807, 2.05) is 50.2 Å². The Morgan fingerprint density at radius 2 is 1.57 bits per heavy atom. The molecule has 0 heterocycles. The maximum atomic E-state index is 13.0. The number of carbonyl (C=O) groups is 2. The lowest BCUT2D eigenvalue weighted by Crippen LogP contribution is -2.50. The van der Waals surface area contributed by atoms with Crippen LogP contribution in [0.2, 0.25) is 5.02 Å². The fraction of sp³-hybridized carbons (Fsp3) is 0.417. The van der Waals surface area contributed by atoms with Crippen LogP contribution in [0.25, 0.3) is 0 Å². The summed E-state index contributed by atoms with van der Waals surface area (Å²) in [7, 11) is 0. The molecule has 2 aromatic rings. The Balaban J connectivity index is 2.11. The van der Waals surface area contributed by atoms with E-state index in [-0.39, 0.29) is 24.5 Å². The number of hydrogen-bond donors (Lipinski definition) is 1. The van der Waals surface area contributed by atoms with E-state index in [0.717, 1.165) is 5.56 Å². The smallest absolute Gasteiger partial charge is 0.261 e. The van der Waals surface area contributed by atoms with Gasteiger partial charge in [-0.15, -0.1) is 0 Å². The van der Waals surface area contributed by atoms with Gasteiger partial charge in [0.2, 0.25) is 5.91 Å². The highest BCUT2D eigenvalue weighted by Gasteiger charge is 2.26. The predicted octanol–water partition coefficient (Wildman–Crippen LogP) is 4.78. The summed E-state index contributed by atoms with van der Waals surface area (Å²) in [5.41, 5.74) is 2.09. The first-order valence-corrected chi connectivity index (χ1v) is 10.6. The van der Waals surface area contributed by atoms with Crippen molar-refractivity contribution in [1.82, 2.24) is 10.2 Å². The SMILES string of the molecule is CC(C)NC(=O)[C@H](C)N(Cc1ccc(Cl)cc1)C(=O)COc1ccc(C(C)C)cc1. The van der Waals surface area contributed by atoms with Gasteiger partial charge in [-0.25, -0.2) is 0 Å². The van der Waals surface area contributed by atoms with Crippen molar-refractivity contribution in [2.45, 2.75) is 59.2 Å². The van der Waals surface area contributed by atoms with Gasteiger partial charge in [-0.05, 0) is 62.1 Å². The van der Waals surface area contributed by atoms with Gasteiger partial charge in [-0.1, -0.05) is 49.7 Å². The fourth-order valence-electron chi connectivity index (χ4n) is 2.95. The van der Waals surface area contributed by atoms with Crippen molar-refractivity contribution in [3.63, 3.8) is 0 Å². The summed E-state index contributed by atoms with van der Waals surface area (Å²) in [5.74, 6) is 0.590. The first kappa shape index (κ1) is 23.7. The summed E-state index contributed by atoms with van der Waals surface area (Å²) in [6.45, 7) is 9.89. The van der Waals surface area contributed by atoms with E-state index in [4.69, 9.17) is 16.3 Å². The zero-order valence-corrected chi connectivity index (χ0v) is 19.1. The Morgan fingerprint density at radius 1 is 0.967 bits per heavy atom. The second-order valence-electron chi connectivity index (χ2n) is 8.00. The number of nitrogens with one attached hydrogen (secondary N) is 1. The summed E-state index contributed by atoms with van der Waals surface area (Å²) < 4.78 is 5.71. The molecule has 2 rings (SSSR count). The monoisotopic (exact) mass is 430 g/mol. The Morgan fingerprint density at radius 3 is 2.10 bits per heavy atom. The lowest BCUT2D eigenvalue weighted by atomic mass is 10.0. The molecule has 0 aliphatic heterocycles. The number of nitrogens with zero attached hydrogens (tertiary/aromatic N) is 1. The van der Waals surface area contributed by atoms with E-state index in [1.165, 1.54) is 10.5 Å². The highest BCUT2D eigenvalue weighted by Crippen LogP contribution is 2.19. The Hall–Kier alpha value is -2.53. The number of ether oxygens (including phenoxy) is 1. The van der Waals surface area contributed by atoms with Crippen LogP contribution < -0.4 is 10.1 Å². The molecule has 6 heteroatoms. The first-order valence-electron chi connectivity index (χ1n) is 10.2. The molecule has 0 aliphatic rings. The van der Waals surface area contributed by atoms with Gasteiger partial charge in [-0.3, -0.25) is 9.59 Å². The van der Waals surface area contributed by atoms with Crippen molar-refractivity contribution in [1.29, 1.82) is 0 Å². The Kier molecular flexibility index (Phi) is 8.72. The first-order chi connectivity index (χ1) is 14.2. The molecule has 1 atom stereocenters. The van der Waals surface area contributed by atoms with Gasteiger partial charge in [0, 0.05) is 17.6 Å². The third-order valence-electron chi connectivity index (χ3n) is 4.77. The van der Waals surface area contributed by atoms with Crippen LogP contribution in [-0.4, -0.2) is 35.4 Å². The maximum Gasteiger partial charge on any atom is 0.261 e. The second kappa shape index (κ2) is 11.0. The summed E-state index contributed by atoms with van der Waals surface area (Å²) in [5, 5.41) is 3.49. The molecule has 0 unspecified atom stereocenters. The van der Waals surface area contributed by atoms with Crippen molar-refractivity contribution in [3.8, 4) is 5.75 Å². The van der Waals surface area contributed by atoms with Gasteiger partial charge in [-0.2, -0.15) is 0 Å². The number of hydrogen-bond acceptors (Lipinski definition) is 3. The fourth-order valence-corrected chi connectivity index (χ4v) is 3.08. The molecule has 30 heavy (non-hydrogen) atoms. The summed E-state index contributed by atoms with van der Waals surface area (Å²) in [6.07, 6.45) is 0. The van der Waals surface area contributed by atoms with Gasteiger partial charge in [0.25, 0.3) is 5.91 Å². The second-order valence-corrected chi connectivity index (χ2v) is 8.44. The number of rotatable bonds is 9. The Labute approximate surface area is 184 Å². The van der Waals surface area contributed by atoms with E-state index in [1.54, 1.807) is 19.1 Å². The van der Waals surface area contributed by atoms with Crippen LogP contribution in [0.4, 0.5) is 0 Å². The number of halogens is 1. The molecule has 2 aromatic carbocycles. The minimum atomic E-state index is -0.637.